The van der Waals surface area contributed by atoms with Gasteiger partial charge in [0, 0.05) is 13.1 Å². The van der Waals surface area contributed by atoms with Gasteiger partial charge in [-0.3, -0.25) is 0 Å². The molecule has 0 radical (unpaired) electrons. The van der Waals surface area contributed by atoms with Gasteiger partial charge in [0.05, 0.1) is 11.1 Å². The summed E-state index contributed by atoms with van der Waals surface area (Å²) >= 11 is 6.38. The summed E-state index contributed by atoms with van der Waals surface area (Å²) in [5, 5.41) is 4.25. The Morgan fingerprint density at radius 3 is 2.27 bits per heavy atom. The molecule has 3 heterocycles. The molecule has 5 nitrogen and oxygen atoms in total. The molecule has 0 unspecified atom stereocenters. The average molecular weight is 378 g/mol. The second-order valence-electron chi connectivity index (χ2n) is 6.42. The van der Waals surface area contributed by atoms with E-state index in [0.29, 0.717) is 11.6 Å². The van der Waals surface area contributed by atoms with E-state index in [2.05, 4.69) is 20.0 Å². The SMILES string of the molecule is Fc1cccc(F)c1-c1c(Cl)nc2ncnn2c1N1CCCCCCC1. The third-order valence-electron chi connectivity index (χ3n) is 4.73. The number of hydrogen-bond acceptors (Lipinski definition) is 4. The summed E-state index contributed by atoms with van der Waals surface area (Å²) in [4.78, 5) is 10.4. The molecule has 1 fully saturated rings. The fraction of sp³-hybridized carbons (Fsp3) is 0.389. The van der Waals surface area contributed by atoms with Gasteiger partial charge in [-0.05, 0) is 25.0 Å². The normalized spacial score (nSPS) is 15.9. The van der Waals surface area contributed by atoms with Crippen molar-refractivity contribution in [3.05, 3.63) is 41.3 Å². The Labute approximate surface area is 154 Å². The summed E-state index contributed by atoms with van der Waals surface area (Å²) in [6, 6.07) is 3.77. The number of nitrogens with zero attached hydrogens (tertiary/aromatic N) is 5. The molecule has 0 amide bonds. The van der Waals surface area contributed by atoms with Crippen LogP contribution in [0, 0.1) is 11.6 Å². The zero-order valence-electron chi connectivity index (χ0n) is 14.1. The highest BCUT2D eigenvalue weighted by molar-refractivity contribution is 6.33. The molecule has 0 aliphatic carbocycles. The van der Waals surface area contributed by atoms with Gasteiger partial charge in [0.1, 0.15) is 28.9 Å². The van der Waals surface area contributed by atoms with Crippen molar-refractivity contribution in [3.63, 3.8) is 0 Å². The van der Waals surface area contributed by atoms with Crippen molar-refractivity contribution in [3.8, 4) is 11.1 Å². The van der Waals surface area contributed by atoms with Crippen LogP contribution in [-0.2, 0) is 0 Å². The van der Waals surface area contributed by atoms with Gasteiger partial charge in [-0.25, -0.2) is 8.78 Å². The lowest BCUT2D eigenvalue weighted by atomic mass is 10.0. The quantitative estimate of drug-likeness (QED) is 0.617. The van der Waals surface area contributed by atoms with Crippen LogP contribution < -0.4 is 4.90 Å². The number of aromatic nitrogens is 4. The highest BCUT2D eigenvalue weighted by atomic mass is 35.5. The molecule has 136 valence electrons. The molecule has 0 N–H and O–H groups in total. The Morgan fingerprint density at radius 2 is 1.58 bits per heavy atom. The van der Waals surface area contributed by atoms with E-state index in [1.54, 1.807) is 0 Å². The molecule has 2 aromatic heterocycles. The molecule has 1 aromatic carbocycles. The molecule has 8 heteroatoms. The largest absolute Gasteiger partial charge is 0.356 e. The maximum atomic E-state index is 14.5. The van der Waals surface area contributed by atoms with Crippen molar-refractivity contribution in [1.29, 1.82) is 0 Å². The minimum absolute atomic E-state index is 0.0200. The molecule has 1 aliphatic heterocycles. The van der Waals surface area contributed by atoms with Crippen LogP contribution in [0.3, 0.4) is 0 Å². The van der Waals surface area contributed by atoms with Gasteiger partial charge >= 0.3 is 0 Å². The monoisotopic (exact) mass is 377 g/mol. The van der Waals surface area contributed by atoms with Gasteiger partial charge in [-0.1, -0.05) is 36.9 Å². The first-order valence-corrected chi connectivity index (χ1v) is 9.13. The second-order valence-corrected chi connectivity index (χ2v) is 6.78. The topological polar surface area (TPSA) is 46.3 Å². The number of benzene rings is 1. The highest BCUT2D eigenvalue weighted by Gasteiger charge is 2.26. The summed E-state index contributed by atoms with van der Waals surface area (Å²) in [5.41, 5.74) is 0.0419. The summed E-state index contributed by atoms with van der Waals surface area (Å²) in [7, 11) is 0. The van der Waals surface area contributed by atoms with Crippen molar-refractivity contribution in [2.45, 2.75) is 32.1 Å². The Balaban J connectivity index is 1.98. The number of anilines is 1. The van der Waals surface area contributed by atoms with Crippen LogP contribution in [-0.4, -0.2) is 32.7 Å². The summed E-state index contributed by atoms with van der Waals surface area (Å²) < 4.78 is 30.6. The first-order chi connectivity index (χ1) is 12.7. The smallest absolute Gasteiger partial charge is 0.255 e. The van der Waals surface area contributed by atoms with Gasteiger partial charge in [-0.2, -0.15) is 19.6 Å². The number of fused-ring (bicyclic) bond motifs is 1. The highest BCUT2D eigenvalue weighted by Crippen LogP contribution is 2.39. The molecule has 26 heavy (non-hydrogen) atoms. The maximum absolute atomic E-state index is 14.5. The lowest BCUT2D eigenvalue weighted by Crippen LogP contribution is -2.30. The van der Waals surface area contributed by atoms with Crippen LogP contribution in [0.5, 0.6) is 0 Å². The Bertz CT molecular complexity index is 914. The van der Waals surface area contributed by atoms with Crippen molar-refractivity contribution >= 4 is 23.2 Å². The van der Waals surface area contributed by atoms with Crippen molar-refractivity contribution < 1.29 is 8.78 Å². The molecule has 0 bridgehead atoms. The lowest BCUT2D eigenvalue weighted by Gasteiger charge is -2.29. The molecule has 0 saturated carbocycles. The average Bonchev–Trinajstić information content (AvgIpc) is 3.03. The third kappa shape index (κ3) is 3.00. The Kier molecular flexibility index (Phi) is 4.72. The Hall–Kier alpha value is -2.28. The first-order valence-electron chi connectivity index (χ1n) is 8.75. The fourth-order valence-electron chi connectivity index (χ4n) is 3.51. The molecule has 1 aliphatic rings. The molecule has 3 aromatic rings. The van der Waals surface area contributed by atoms with Crippen LogP contribution in [0.4, 0.5) is 14.6 Å². The zero-order valence-corrected chi connectivity index (χ0v) is 14.9. The maximum Gasteiger partial charge on any atom is 0.255 e. The van der Waals surface area contributed by atoms with E-state index >= 15 is 0 Å². The van der Waals surface area contributed by atoms with E-state index in [4.69, 9.17) is 11.6 Å². The zero-order chi connectivity index (χ0) is 18.1. The third-order valence-corrected chi connectivity index (χ3v) is 5.00. The van der Waals surface area contributed by atoms with E-state index in [9.17, 15) is 8.78 Å². The second kappa shape index (κ2) is 7.15. The summed E-state index contributed by atoms with van der Waals surface area (Å²) in [6.45, 7) is 1.52. The van der Waals surface area contributed by atoms with Crippen molar-refractivity contribution in [2.75, 3.05) is 18.0 Å². The minimum atomic E-state index is -0.679. The number of rotatable bonds is 2. The number of hydrogen-bond donors (Lipinski definition) is 0. The van der Waals surface area contributed by atoms with E-state index in [1.165, 1.54) is 35.5 Å². The van der Waals surface area contributed by atoms with Gasteiger partial charge in [0.15, 0.2) is 0 Å². The van der Waals surface area contributed by atoms with Gasteiger partial charge in [-0.15, -0.1) is 0 Å². The predicted octanol–water partition coefficient (Wildman–Crippen LogP) is 4.49. The number of halogens is 3. The van der Waals surface area contributed by atoms with Crippen LogP contribution in [0.15, 0.2) is 24.5 Å². The molecular weight excluding hydrogens is 360 g/mol. The molecule has 4 rings (SSSR count). The minimum Gasteiger partial charge on any atom is -0.356 e. The standard InChI is InChI=1S/C18H18ClF2N5/c19-16-15(14-12(20)7-6-8-13(14)21)17(26-18(24-16)22-11-23-26)25-9-4-2-1-3-5-10-25/h6-8,11H,1-5,9-10H2. The summed E-state index contributed by atoms with van der Waals surface area (Å²) in [6.07, 6.45) is 6.81. The Morgan fingerprint density at radius 1 is 0.923 bits per heavy atom. The fourth-order valence-corrected chi connectivity index (χ4v) is 3.76. The van der Waals surface area contributed by atoms with E-state index in [0.717, 1.165) is 38.8 Å². The van der Waals surface area contributed by atoms with Crippen LogP contribution in [0.25, 0.3) is 16.9 Å². The molecule has 0 atom stereocenters. The first kappa shape index (κ1) is 17.1. The van der Waals surface area contributed by atoms with Crippen molar-refractivity contribution in [2.24, 2.45) is 0 Å². The predicted molar refractivity (Wildman–Crippen MR) is 96.4 cm³/mol. The van der Waals surface area contributed by atoms with E-state index < -0.39 is 11.6 Å². The van der Waals surface area contributed by atoms with Crippen LogP contribution in [0.2, 0.25) is 5.15 Å². The molecule has 1 saturated heterocycles. The van der Waals surface area contributed by atoms with Gasteiger partial charge in [0.25, 0.3) is 5.78 Å². The lowest BCUT2D eigenvalue weighted by molar-refractivity contribution is 0.550. The van der Waals surface area contributed by atoms with E-state index in [-0.39, 0.29) is 16.3 Å². The van der Waals surface area contributed by atoms with Crippen LogP contribution in [0.1, 0.15) is 32.1 Å². The molecular formula is C18H18ClF2N5. The van der Waals surface area contributed by atoms with Crippen molar-refractivity contribution in [1.82, 2.24) is 19.6 Å². The van der Waals surface area contributed by atoms with Gasteiger partial charge < -0.3 is 4.90 Å². The molecule has 0 spiro atoms. The van der Waals surface area contributed by atoms with Crippen LogP contribution >= 0.6 is 11.6 Å². The summed E-state index contributed by atoms with van der Waals surface area (Å²) in [5.74, 6) is -0.501. The van der Waals surface area contributed by atoms with E-state index in [1.807, 2.05) is 0 Å². The van der Waals surface area contributed by atoms with Gasteiger partial charge in [0.2, 0.25) is 0 Å².